The fourth-order valence-corrected chi connectivity index (χ4v) is 4.04. The average molecular weight is 392 g/mol. The van der Waals surface area contributed by atoms with Crippen LogP contribution in [-0.2, 0) is 4.79 Å². The maximum atomic E-state index is 13.6. The topological polar surface area (TPSA) is 41.1 Å². The summed E-state index contributed by atoms with van der Waals surface area (Å²) in [6.45, 7) is 1.24. The molecule has 28 heavy (non-hydrogen) atoms. The first-order valence-electron chi connectivity index (χ1n) is 9.35. The van der Waals surface area contributed by atoms with Gasteiger partial charge in [-0.05, 0) is 60.7 Å². The van der Waals surface area contributed by atoms with Gasteiger partial charge in [-0.2, -0.15) is 0 Å². The van der Waals surface area contributed by atoms with E-state index in [0.717, 1.165) is 24.7 Å². The summed E-state index contributed by atoms with van der Waals surface area (Å²) in [4.78, 5) is 12.7. The molecule has 2 fully saturated rings. The third kappa shape index (κ3) is 3.76. The first-order valence-corrected chi connectivity index (χ1v) is 9.35. The Morgan fingerprint density at radius 3 is 2.11 bits per heavy atom. The van der Waals surface area contributed by atoms with Gasteiger partial charge in [-0.1, -0.05) is 12.1 Å². The van der Waals surface area contributed by atoms with Crippen LogP contribution in [0.4, 0.5) is 17.6 Å². The van der Waals surface area contributed by atoms with Crippen LogP contribution in [0.5, 0.6) is 0 Å². The summed E-state index contributed by atoms with van der Waals surface area (Å²) in [7, 11) is 0. The Morgan fingerprint density at radius 2 is 1.50 bits per heavy atom. The Hall–Kier alpha value is -2.41. The summed E-state index contributed by atoms with van der Waals surface area (Å²) in [5.74, 6) is -4.33. The minimum Gasteiger partial charge on any atom is -0.351 e. The first kappa shape index (κ1) is 18.9. The second kappa shape index (κ2) is 7.54. The van der Waals surface area contributed by atoms with Crippen LogP contribution in [0.2, 0.25) is 0 Å². The van der Waals surface area contributed by atoms with Gasteiger partial charge in [-0.25, -0.2) is 17.6 Å². The van der Waals surface area contributed by atoms with Crippen molar-refractivity contribution in [1.82, 2.24) is 10.6 Å². The van der Waals surface area contributed by atoms with Crippen molar-refractivity contribution in [1.29, 1.82) is 0 Å². The molecule has 0 aromatic heterocycles. The SMILES string of the molecule is O=C(NC1CNCCC1c1ccc(F)c(F)c1)C1CC1c1ccc(F)c(F)c1. The van der Waals surface area contributed by atoms with Gasteiger partial charge in [0.1, 0.15) is 0 Å². The summed E-state index contributed by atoms with van der Waals surface area (Å²) in [5, 5.41) is 6.21. The van der Waals surface area contributed by atoms with E-state index >= 15 is 0 Å². The molecule has 1 heterocycles. The zero-order chi connectivity index (χ0) is 19.8. The molecular weight excluding hydrogens is 372 g/mol. The molecule has 1 aliphatic carbocycles. The van der Waals surface area contributed by atoms with Gasteiger partial charge in [0.2, 0.25) is 5.91 Å². The summed E-state index contributed by atoms with van der Waals surface area (Å²) >= 11 is 0. The highest BCUT2D eigenvalue weighted by Gasteiger charge is 2.45. The molecule has 2 aromatic carbocycles. The molecule has 3 nitrogen and oxygen atoms in total. The summed E-state index contributed by atoms with van der Waals surface area (Å²) in [5.41, 5.74) is 1.26. The van der Waals surface area contributed by atoms with Gasteiger partial charge in [0.05, 0.1) is 0 Å². The van der Waals surface area contributed by atoms with Crippen LogP contribution < -0.4 is 10.6 Å². The van der Waals surface area contributed by atoms with E-state index in [0.29, 0.717) is 30.5 Å². The van der Waals surface area contributed by atoms with Crippen LogP contribution in [0.15, 0.2) is 36.4 Å². The number of hydrogen-bond donors (Lipinski definition) is 2. The summed E-state index contributed by atoms with van der Waals surface area (Å²) in [6, 6.07) is 7.30. The lowest BCUT2D eigenvalue weighted by molar-refractivity contribution is -0.123. The number of hydrogen-bond acceptors (Lipinski definition) is 2. The van der Waals surface area contributed by atoms with E-state index in [9.17, 15) is 22.4 Å². The minimum absolute atomic E-state index is 0.124. The van der Waals surface area contributed by atoms with E-state index in [1.165, 1.54) is 12.1 Å². The van der Waals surface area contributed by atoms with E-state index in [2.05, 4.69) is 10.6 Å². The monoisotopic (exact) mass is 392 g/mol. The van der Waals surface area contributed by atoms with E-state index in [1.54, 1.807) is 6.07 Å². The summed E-state index contributed by atoms with van der Waals surface area (Å²) in [6.07, 6.45) is 1.26. The highest BCUT2D eigenvalue weighted by atomic mass is 19.2. The highest BCUT2D eigenvalue weighted by Crippen LogP contribution is 2.48. The predicted molar refractivity (Wildman–Crippen MR) is 95.7 cm³/mol. The third-order valence-electron chi connectivity index (χ3n) is 5.68. The number of carbonyl (C=O) groups is 1. The molecule has 4 atom stereocenters. The highest BCUT2D eigenvalue weighted by molar-refractivity contribution is 5.83. The Balaban J connectivity index is 1.44. The molecule has 0 radical (unpaired) electrons. The molecule has 1 saturated heterocycles. The number of piperidine rings is 1. The van der Waals surface area contributed by atoms with Crippen LogP contribution in [-0.4, -0.2) is 25.0 Å². The fourth-order valence-electron chi connectivity index (χ4n) is 4.04. The van der Waals surface area contributed by atoms with Gasteiger partial charge in [0, 0.05) is 24.4 Å². The lowest BCUT2D eigenvalue weighted by atomic mass is 9.86. The van der Waals surface area contributed by atoms with E-state index in [4.69, 9.17) is 0 Å². The molecule has 0 bridgehead atoms. The normalized spacial score (nSPS) is 26.7. The second-order valence-electron chi connectivity index (χ2n) is 7.51. The largest absolute Gasteiger partial charge is 0.351 e. The van der Waals surface area contributed by atoms with E-state index in [1.807, 2.05) is 0 Å². The second-order valence-corrected chi connectivity index (χ2v) is 7.51. The van der Waals surface area contributed by atoms with Crippen LogP contribution in [0.25, 0.3) is 0 Å². The molecule has 2 aromatic rings. The fraction of sp³-hybridized carbons (Fsp3) is 0.381. The smallest absolute Gasteiger partial charge is 0.224 e. The van der Waals surface area contributed by atoms with Crippen molar-refractivity contribution in [3.63, 3.8) is 0 Å². The number of carbonyl (C=O) groups excluding carboxylic acids is 1. The van der Waals surface area contributed by atoms with Crippen LogP contribution in [0, 0.1) is 29.2 Å². The van der Waals surface area contributed by atoms with E-state index in [-0.39, 0.29) is 29.7 Å². The Morgan fingerprint density at radius 1 is 0.893 bits per heavy atom. The molecule has 2 N–H and O–H groups in total. The summed E-state index contributed by atoms with van der Waals surface area (Å²) < 4.78 is 53.4. The maximum Gasteiger partial charge on any atom is 0.224 e. The molecule has 4 rings (SSSR count). The van der Waals surface area contributed by atoms with Crippen molar-refractivity contribution >= 4 is 5.91 Å². The van der Waals surface area contributed by atoms with Crippen molar-refractivity contribution in [3.05, 3.63) is 70.8 Å². The molecule has 1 aliphatic heterocycles. The minimum atomic E-state index is -0.918. The van der Waals surface area contributed by atoms with Crippen LogP contribution in [0.1, 0.15) is 35.8 Å². The van der Waals surface area contributed by atoms with Crippen LogP contribution in [0.3, 0.4) is 0 Å². The van der Waals surface area contributed by atoms with Gasteiger partial charge >= 0.3 is 0 Å². The Labute approximate surface area is 160 Å². The molecule has 1 saturated carbocycles. The number of halogens is 4. The maximum absolute atomic E-state index is 13.6. The first-order chi connectivity index (χ1) is 13.4. The van der Waals surface area contributed by atoms with Gasteiger partial charge < -0.3 is 10.6 Å². The van der Waals surface area contributed by atoms with Gasteiger partial charge in [0.25, 0.3) is 0 Å². The van der Waals surface area contributed by atoms with Crippen molar-refractivity contribution in [2.45, 2.75) is 30.7 Å². The van der Waals surface area contributed by atoms with Crippen molar-refractivity contribution in [2.24, 2.45) is 5.92 Å². The number of nitrogens with one attached hydrogen (secondary N) is 2. The third-order valence-corrected chi connectivity index (χ3v) is 5.68. The van der Waals surface area contributed by atoms with Crippen molar-refractivity contribution < 1.29 is 22.4 Å². The van der Waals surface area contributed by atoms with Crippen molar-refractivity contribution in [2.75, 3.05) is 13.1 Å². The lowest BCUT2D eigenvalue weighted by Crippen LogP contribution is -2.50. The quantitative estimate of drug-likeness (QED) is 0.781. The standard InChI is InChI=1S/C21H20F4N2O/c22-16-3-1-11(7-18(16)24)13-5-6-26-10-20(13)27-21(28)15-9-14(15)12-2-4-17(23)19(25)8-12/h1-4,7-8,13-15,20,26H,5-6,9-10H2,(H,27,28). The van der Waals surface area contributed by atoms with Gasteiger partial charge in [-0.3, -0.25) is 4.79 Å². The number of benzene rings is 2. The lowest BCUT2D eigenvalue weighted by Gasteiger charge is -2.33. The molecule has 148 valence electrons. The zero-order valence-corrected chi connectivity index (χ0v) is 15.0. The molecular formula is C21H20F4N2O. The molecule has 2 aliphatic rings. The molecule has 0 spiro atoms. The van der Waals surface area contributed by atoms with Gasteiger partial charge in [0.15, 0.2) is 23.3 Å². The predicted octanol–water partition coefficient (Wildman–Crippen LogP) is 3.61. The zero-order valence-electron chi connectivity index (χ0n) is 15.0. The van der Waals surface area contributed by atoms with Crippen LogP contribution >= 0.6 is 0 Å². The Bertz CT molecular complexity index is 904. The van der Waals surface area contributed by atoms with Gasteiger partial charge in [-0.15, -0.1) is 0 Å². The average Bonchev–Trinajstić information content (AvgIpc) is 3.48. The number of amides is 1. The molecule has 1 amide bonds. The number of rotatable bonds is 4. The molecule has 7 heteroatoms. The Kier molecular flexibility index (Phi) is 5.10. The van der Waals surface area contributed by atoms with Crippen molar-refractivity contribution in [3.8, 4) is 0 Å². The van der Waals surface area contributed by atoms with E-state index < -0.39 is 23.3 Å². The molecule has 4 unspecified atom stereocenters.